The van der Waals surface area contributed by atoms with Crippen molar-refractivity contribution in [2.24, 2.45) is 16.1 Å². The minimum absolute atomic E-state index is 0. The first kappa shape index (κ1) is 17.0. The van der Waals surface area contributed by atoms with Crippen LogP contribution in [0.4, 0.5) is 0 Å². The van der Waals surface area contributed by atoms with E-state index in [1.54, 1.807) is 0 Å². The maximum atomic E-state index is 6.08. The molecule has 2 N–H and O–H groups in total. The summed E-state index contributed by atoms with van der Waals surface area (Å²) >= 11 is 0. The van der Waals surface area contributed by atoms with Crippen molar-refractivity contribution >= 4 is 29.9 Å². The van der Waals surface area contributed by atoms with Crippen LogP contribution in [0.1, 0.15) is 45.4 Å². The lowest BCUT2D eigenvalue weighted by Crippen LogP contribution is -2.45. The van der Waals surface area contributed by atoms with Crippen molar-refractivity contribution in [2.75, 3.05) is 32.8 Å². The van der Waals surface area contributed by atoms with Crippen molar-refractivity contribution in [3.63, 3.8) is 0 Å². The van der Waals surface area contributed by atoms with E-state index >= 15 is 0 Å². The average molecular weight is 381 g/mol. The van der Waals surface area contributed by atoms with Gasteiger partial charge in [-0.05, 0) is 18.3 Å². The highest BCUT2D eigenvalue weighted by molar-refractivity contribution is 14.0. The van der Waals surface area contributed by atoms with Crippen molar-refractivity contribution < 1.29 is 4.74 Å². The van der Waals surface area contributed by atoms with Crippen molar-refractivity contribution in [1.29, 1.82) is 0 Å². The first-order valence-electron chi connectivity index (χ1n) is 7.32. The van der Waals surface area contributed by atoms with Crippen LogP contribution in [0.15, 0.2) is 4.99 Å². The van der Waals surface area contributed by atoms with E-state index in [0.29, 0.717) is 11.4 Å². The van der Waals surface area contributed by atoms with E-state index in [1.165, 1.54) is 38.5 Å². The predicted molar refractivity (Wildman–Crippen MR) is 90.1 cm³/mol. The van der Waals surface area contributed by atoms with Gasteiger partial charge < -0.3 is 15.4 Å². The minimum Gasteiger partial charge on any atom is -0.378 e. The van der Waals surface area contributed by atoms with Crippen LogP contribution in [0.3, 0.4) is 0 Å². The molecule has 1 saturated carbocycles. The zero-order chi connectivity index (χ0) is 12.8. The summed E-state index contributed by atoms with van der Waals surface area (Å²) in [5.74, 6) is 0.712. The lowest BCUT2D eigenvalue weighted by molar-refractivity contribution is 0.0673. The van der Waals surface area contributed by atoms with Crippen molar-refractivity contribution in [3.05, 3.63) is 0 Å². The number of halogens is 1. The summed E-state index contributed by atoms with van der Waals surface area (Å²) in [5, 5.41) is 0. The minimum atomic E-state index is 0. The first-order chi connectivity index (χ1) is 8.70. The molecule has 0 unspecified atom stereocenters. The molecule has 0 spiro atoms. The van der Waals surface area contributed by atoms with Gasteiger partial charge in [-0.2, -0.15) is 0 Å². The fraction of sp³-hybridized carbons (Fsp3) is 0.929. The molecule has 2 fully saturated rings. The van der Waals surface area contributed by atoms with Gasteiger partial charge in [0, 0.05) is 19.6 Å². The van der Waals surface area contributed by atoms with Crippen molar-refractivity contribution in [2.45, 2.75) is 45.4 Å². The second kappa shape index (κ2) is 8.29. The Morgan fingerprint density at radius 3 is 2.32 bits per heavy atom. The Balaban J connectivity index is 0.00000180. The summed E-state index contributed by atoms with van der Waals surface area (Å²) in [4.78, 5) is 6.79. The molecule has 0 aromatic heterocycles. The topological polar surface area (TPSA) is 50.8 Å². The second-order valence-corrected chi connectivity index (χ2v) is 6.00. The Bertz CT molecular complexity index is 282. The number of hydrogen-bond acceptors (Lipinski definition) is 2. The molecular formula is C14H28IN3O. The van der Waals surface area contributed by atoms with Crippen molar-refractivity contribution in [3.8, 4) is 0 Å². The van der Waals surface area contributed by atoms with E-state index in [1.807, 2.05) is 0 Å². The third-order valence-corrected chi connectivity index (χ3v) is 4.27. The molecule has 4 nitrogen and oxygen atoms in total. The predicted octanol–water partition coefficient (Wildman–Crippen LogP) is 2.61. The zero-order valence-electron chi connectivity index (χ0n) is 12.1. The molecule has 5 heteroatoms. The second-order valence-electron chi connectivity index (χ2n) is 6.00. The molecule has 0 aromatic rings. The van der Waals surface area contributed by atoms with Gasteiger partial charge in [0.15, 0.2) is 5.96 Å². The standard InChI is InChI=1S/C14H27N3O.HI/c1-14(6-4-2-3-5-7-14)12-16-13(15)17-8-10-18-11-9-17;/h2-12H2,1H3,(H2,15,16);1H. The van der Waals surface area contributed by atoms with Crippen LogP contribution in [-0.4, -0.2) is 43.7 Å². The average Bonchev–Trinajstić information content (AvgIpc) is 2.62. The highest BCUT2D eigenvalue weighted by Gasteiger charge is 2.25. The summed E-state index contributed by atoms with van der Waals surface area (Å²) < 4.78 is 5.33. The molecule has 0 bridgehead atoms. The highest BCUT2D eigenvalue weighted by Crippen LogP contribution is 2.34. The van der Waals surface area contributed by atoms with Crippen LogP contribution < -0.4 is 5.73 Å². The normalized spacial score (nSPS) is 24.5. The van der Waals surface area contributed by atoms with Crippen LogP contribution >= 0.6 is 24.0 Å². The maximum absolute atomic E-state index is 6.08. The van der Waals surface area contributed by atoms with E-state index in [9.17, 15) is 0 Å². The number of rotatable bonds is 2. The first-order valence-corrected chi connectivity index (χ1v) is 7.32. The van der Waals surface area contributed by atoms with Gasteiger partial charge in [-0.15, -0.1) is 24.0 Å². The Kier molecular flexibility index (Phi) is 7.42. The van der Waals surface area contributed by atoms with Gasteiger partial charge in [-0.3, -0.25) is 4.99 Å². The molecule has 1 saturated heterocycles. The Labute approximate surface area is 134 Å². The molecule has 1 heterocycles. The molecule has 1 aliphatic carbocycles. The number of hydrogen-bond donors (Lipinski definition) is 1. The van der Waals surface area contributed by atoms with Gasteiger partial charge in [0.05, 0.1) is 13.2 Å². The largest absolute Gasteiger partial charge is 0.378 e. The molecule has 2 aliphatic rings. The third-order valence-electron chi connectivity index (χ3n) is 4.27. The number of ether oxygens (including phenoxy) is 1. The SMILES string of the molecule is CC1(CN=C(N)N2CCOCC2)CCCCCC1.I. The number of nitrogens with zero attached hydrogens (tertiary/aromatic N) is 2. The zero-order valence-corrected chi connectivity index (χ0v) is 14.4. The van der Waals surface area contributed by atoms with Gasteiger partial charge in [-0.25, -0.2) is 0 Å². The molecule has 112 valence electrons. The molecule has 19 heavy (non-hydrogen) atoms. The molecule has 0 radical (unpaired) electrons. The fourth-order valence-corrected chi connectivity index (χ4v) is 2.90. The van der Waals surface area contributed by atoms with Gasteiger partial charge in [-0.1, -0.05) is 32.6 Å². The van der Waals surface area contributed by atoms with Crippen molar-refractivity contribution in [1.82, 2.24) is 4.90 Å². The monoisotopic (exact) mass is 381 g/mol. The van der Waals surface area contributed by atoms with E-state index in [-0.39, 0.29) is 24.0 Å². The van der Waals surface area contributed by atoms with Gasteiger partial charge >= 0.3 is 0 Å². The number of nitrogens with two attached hydrogens (primary N) is 1. The van der Waals surface area contributed by atoms with E-state index < -0.39 is 0 Å². The van der Waals surface area contributed by atoms with Crippen LogP contribution in [0.25, 0.3) is 0 Å². The molecule has 1 aliphatic heterocycles. The van der Waals surface area contributed by atoms with E-state index in [2.05, 4.69) is 16.8 Å². The molecule has 0 aromatic carbocycles. The van der Waals surface area contributed by atoms with Crippen LogP contribution in [-0.2, 0) is 4.74 Å². The van der Waals surface area contributed by atoms with Gasteiger partial charge in [0.1, 0.15) is 0 Å². The van der Waals surface area contributed by atoms with E-state index in [4.69, 9.17) is 10.5 Å². The third kappa shape index (κ3) is 5.45. The highest BCUT2D eigenvalue weighted by atomic mass is 127. The Morgan fingerprint density at radius 1 is 1.16 bits per heavy atom. The van der Waals surface area contributed by atoms with Gasteiger partial charge in [0.25, 0.3) is 0 Å². The quantitative estimate of drug-likeness (QED) is 0.346. The Morgan fingerprint density at radius 2 is 1.74 bits per heavy atom. The van der Waals surface area contributed by atoms with Crippen LogP contribution in [0.2, 0.25) is 0 Å². The summed E-state index contributed by atoms with van der Waals surface area (Å²) in [6.45, 7) is 6.56. The van der Waals surface area contributed by atoms with Gasteiger partial charge in [0.2, 0.25) is 0 Å². The van der Waals surface area contributed by atoms with E-state index in [0.717, 1.165) is 32.8 Å². The lowest BCUT2D eigenvalue weighted by Gasteiger charge is -2.30. The summed E-state index contributed by atoms with van der Waals surface area (Å²) in [6, 6.07) is 0. The Hall–Kier alpha value is -0.0400. The molecular weight excluding hydrogens is 353 g/mol. The smallest absolute Gasteiger partial charge is 0.191 e. The molecule has 0 amide bonds. The number of morpholine rings is 1. The number of aliphatic imine (C=N–C) groups is 1. The molecule has 2 rings (SSSR count). The number of guanidine groups is 1. The molecule has 0 atom stereocenters. The van der Waals surface area contributed by atoms with Crippen LogP contribution in [0, 0.1) is 5.41 Å². The maximum Gasteiger partial charge on any atom is 0.191 e. The summed E-state index contributed by atoms with van der Waals surface area (Å²) in [5.41, 5.74) is 6.45. The fourth-order valence-electron chi connectivity index (χ4n) is 2.90. The van der Waals surface area contributed by atoms with Crippen LogP contribution in [0.5, 0.6) is 0 Å². The summed E-state index contributed by atoms with van der Waals surface area (Å²) in [7, 11) is 0. The lowest BCUT2D eigenvalue weighted by atomic mass is 9.83. The summed E-state index contributed by atoms with van der Waals surface area (Å²) in [6.07, 6.45) is 8.07.